The van der Waals surface area contributed by atoms with Gasteiger partial charge in [-0.2, -0.15) is 0 Å². The molecule has 0 unspecified atom stereocenters. The van der Waals surface area contributed by atoms with E-state index in [1.807, 2.05) is 43.1 Å². The fourth-order valence-corrected chi connectivity index (χ4v) is 3.16. The number of rotatable bonds is 8. The number of hydrogen-bond acceptors (Lipinski definition) is 3. The van der Waals surface area contributed by atoms with Crippen LogP contribution in [-0.2, 0) is 11.3 Å². The molecule has 142 valence electrons. The first-order valence-electron chi connectivity index (χ1n) is 9.48. The average molecular weight is 357 g/mol. The third-order valence-electron chi connectivity index (χ3n) is 5.05. The Morgan fingerprint density at radius 1 is 1.19 bits per heavy atom. The van der Waals surface area contributed by atoms with Crippen LogP contribution >= 0.6 is 0 Å². The van der Waals surface area contributed by atoms with Gasteiger partial charge in [-0.3, -0.25) is 14.5 Å². The van der Waals surface area contributed by atoms with Crippen LogP contribution in [0.15, 0.2) is 35.9 Å². The normalized spacial score (nSPS) is 15.3. The lowest BCUT2D eigenvalue weighted by atomic mass is 9.97. The summed E-state index contributed by atoms with van der Waals surface area (Å²) < 4.78 is 0. The molecule has 2 amide bonds. The van der Waals surface area contributed by atoms with E-state index >= 15 is 0 Å². The molecule has 0 spiro atoms. The van der Waals surface area contributed by atoms with Crippen LogP contribution in [0.4, 0.5) is 0 Å². The number of allylic oxidation sites excluding steroid dienone is 1. The molecule has 5 heteroatoms. The number of carbonyl (C=O) groups excluding carboxylic acids is 2. The van der Waals surface area contributed by atoms with Crippen molar-refractivity contribution in [1.82, 2.24) is 15.5 Å². The molecule has 1 aromatic rings. The van der Waals surface area contributed by atoms with E-state index in [1.165, 1.54) is 31.3 Å². The summed E-state index contributed by atoms with van der Waals surface area (Å²) in [5.74, 6) is -0.0309. The molecule has 0 bridgehead atoms. The summed E-state index contributed by atoms with van der Waals surface area (Å²) in [6.07, 6.45) is 8.22. The second-order valence-corrected chi connectivity index (χ2v) is 7.02. The van der Waals surface area contributed by atoms with Crippen molar-refractivity contribution >= 4 is 11.8 Å². The smallest absolute Gasteiger partial charge is 0.251 e. The zero-order valence-corrected chi connectivity index (χ0v) is 16.2. The van der Waals surface area contributed by atoms with E-state index in [4.69, 9.17) is 0 Å². The van der Waals surface area contributed by atoms with Gasteiger partial charge in [0, 0.05) is 25.7 Å². The van der Waals surface area contributed by atoms with E-state index in [0.29, 0.717) is 18.7 Å². The predicted molar refractivity (Wildman–Crippen MR) is 105 cm³/mol. The number of nitrogens with one attached hydrogen (secondary N) is 2. The number of benzene rings is 1. The Kier molecular flexibility index (Phi) is 7.85. The molecular weight excluding hydrogens is 326 g/mol. The number of nitrogens with zero attached hydrogens (tertiary/aromatic N) is 1. The van der Waals surface area contributed by atoms with Gasteiger partial charge < -0.3 is 10.6 Å². The van der Waals surface area contributed by atoms with Crippen LogP contribution in [0.2, 0.25) is 0 Å². The van der Waals surface area contributed by atoms with Gasteiger partial charge in [-0.25, -0.2) is 0 Å². The maximum Gasteiger partial charge on any atom is 0.251 e. The Balaban J connectivity index is 1.78. The lowest BCUT2D eigenvalue weighted by Gasteiger charge is -2.24. The van der Waals surface area contributed by atoms with Crippen molar-refractivity contribution in [2.45, 2.75) is 51.6 Å². The second kappa shape index (κ2) is 10.1. The van der Waals surface area contributed by atoms with Gasteiger partial charge in [0.15, 0.2) is 0 Å². The lowest BCUT2D eigenvalue weighted by Crippen LogP contribution is -2.43. The number of hydrogen-bond donors (Lipinski definition) is 2. The van der Waals surface area contributed by atoms with Gasteiger partial charge in [-0.15, -0.1) is 0 Å². The van der Waals surface area contributed by atoms with Crippen molar-refractivity contribution in [2.24, 2.45) is 0 Å². The van der Waals surface area contributed by atoms with E-state index < -0.39 is 0 Å². The fourth-order valence-electron chi connectivity index (χ4n) is 3.16. The van der Waals surface area contributed by atoms with Crippen molar-refractivity contribution in [3.8, 4) is 0 Å². The summed E-state index contributed by atoms with van der Waals surface area (Å²) in [4.78, 5) is 26.0. The molecule has 26 heavy (non-hydrogen) atoms. The fraction of sp³-hybridized carbons (Fsp3) is 0.524. The van der Waals surface area contributed by atoms with Crippen molar-refractivity contribution in [1.29, 1.82) is 0 Å². The Morgan fingerprint density at radius 2 is 1.92 bits per heavy atom. The van der Waals surface area contributed by atoms with Crippen LogP contribution in [0.5, 0.6) is 0 Å². The molecular formula is C21H31N3O2. The van der Waals surface area contributed by atoms with Gasteiger partial charge in [0.2, 0.25) is 5.91 Å². The molecule has 0 fully saturated rings. The molecule has 0 heterocycles. The monoisotopic (exact) mass is 357 g/mol. The first-order valence-corrected chi connectivity index (χ1v) is 9.48. The Morgan fingerprint density at radius 3 is 2.54 bits per heavy atom. The third-order valence-corrected chi connectivity index (χ3v) is 5.05. The summed E-state index contributed by atoms with van der Waals surface area (Å²) in [5.41, 5.74) is 3.20. The Labute approximate surface area is 156 Å². The highest BCUT2D eigenvalue weighted by Crippen LogP contribution is 2.19. The number of amides is 2. The molecule has 0 saturated carbocycles. The summed E-state index contributed by atoms with van der Waals surface area (Å²) in [6, 6.07) is 7.28. The summed E-state index contributed by atoms with van der Waals surface area (Å²) >= 11 is 0. The molecule has 0 aromatic heterocycles. The molecule has 5 nitrogen and oxygen atoms in total. The average Bonchev–Trinajstić information content (AvgIpc) is 2.68. The highest BCUT2D eigenvalue weighted by Gasteiger charge is 2.18. The zero-order valence-electron chi connectivity index (χ0n) is 16.2. The van der Waals surface area contributed by atoms with Crippen LogP contribution in [0.1, 0.15) is 54.9 Å². The van der Waals surface area contributed by atoms with Gasteiger partial charge in [0.25, 0.3) is 5.91 Å². The number of carbonyl (C=O) groups is 2. The second-order valence-electron chi connectivity index (χ2n) is 7.02. The zero-order chi connectivity index (χ0) is 18.9. The first-order chi connectivity index (χ1) is 12.5. The number of likely N-dealkylation sites (N-methyl/N-ethyl adjacent to an activating group) is 1. The molecule has 0 aliphatic heterocycles. The topological polar surface area (TPSA) is 61.4 Å². The summed E-state index contributed by atoms with van der Waals surface area (Å²) in [7, 11) is 3.57. The van der Waals surface area contributed by atoms with Gasteiger partial charge in [0.1, 0.15) is 0 Å². The molecule has 0 radical (unpaired) electrons. The molecule has 1 aromatic carbocycles. The van der Waals surface area contributed by atoms with Crippen molar-refractivity contribution in [3.63, 3.8) is 0 Å². The summed E-state index contributed by atoms with van der Waals surface area (Å²) in [6.45, 7) is 3.30. The van der Waals surface area contributed by atoms with E-state index in [9.17, 15) is 9.59 Å². The van der Waals surface area contributed by atoms with Crippen LogP contribution in [0, 0.1) is 0 Å². The molecule has 2 rings (SSSR count). The van der Waals surface area contributed by atoms with Gasteiger partial charge in [-0.05, 0) is 63.8 Å². The van der Waals surface area contributed by atoms with Crippen LogP contribution in [0.3, 0.4) is 0 Å². The highest BCUT2D eigenvalue weighted by atomic mass is 16.2. The standard InChI is InChI=1S/C21H31N3O2/c1-16(20(25)23-14-13-17-7-5-4-6-8-17)24(3)15-18-9-11-19(12-10-18)21(26)22-2/h7,9-12,16H,4-6,8,13-15H2,1-3H3,(H,22,26)(H,23,25)/t16-/m1/s1. The van der Waals surface area contributed by atoms with E-state index in [1.54, 1.807) is 7.05 Å². The SMILES string of the molecule is CNC(=O)c1ccc(CN(C)[C@H](C)C(=O)NCCC2=CCCCC2)cc1. The van der Waals surface area contributed by atoms with Crippen LogP contribution in [0.25, 0.3) is 0 Å². The Bertz CT molecular complexity index is 637. The van der Waals surface area contributed by atoms with E-state index in [0.717, 1.165) is 12.0 Å². The largest absolute Gasteiger partial charge is 0.355 e. The van der Waals surface area contributed by atoms with Gasteiger partial charge >= 0.3 is 0 Å². The maximum absolute atomic E-state index is 12.4. The minimum absolute atomic E-state index is 0.0610. The first kappa shape index (κ1) is 20.2. The third kappa shape index (κ3) is 5.99. The predicted octanol–water partition coefficient (Wildman–Crippen LogP) is 2.87. The maximum atomic E-state index is 12.4. The molecule has 1 aliphatic carbocycles. The quantitative estimate of drug-likeness (QED) is 0.703. The van der Waals surface area contributed by atoms with Gasteiger partial charge in [0.05, 0.1) is 6.04 Å². The highest BCUT2D eigenvalue weighted by molar-refractivity contribution is 5.93. The van der Waals surface area contributed by atoms with E-state index in [2.05, 4.69) is 16.7 Å². The van der Waals surface area contributed by atoms with Crippen LogP contribution in [-0.4, -0.2) is 43.4 Å². The minimum Gasteiger partial charge on any atom is -0.355 e. The van der Waals surface area contributed by atoms with Crippen molar-refractivity contribution in [2.75, 3.05) is 20.6 Å². The minimum atomic E-state index is -0.200. The Hall–Kier alpha value is -2.14. The van der Waals surface area contributed by atoms with Crippen LogP contribution < -0.4 is 10.6 Å². The van der Waals surface area contributed by atoms with Crippen molar-refractivity contribution in [3.05, 3.63) is 47.0 Å². The lowest BCUT2D eigenvalue weighted by molar-refractivity contribution is -0.125. The van der Waals surface area contributed by atoms with Crippen molar-refractivity contribution < 1.29 is 9.59 Å². The molecule has 0 saturated heterocycles. The van der Waals surface area contributed by atoms with Gasteiger partial charge in [-0.1, -0.05) is 23.8 Å². The molecule has 2 N–H and O–H groups in total. The molecule has 1 atom stereocenters. The molecule has 1 aliphatic rings. The van der Waals surface area contributed by atoms with E-state index in [-0.39, 0.29) is 17.9 Å². The summed E-state index contributed by atoms with van der Waals surface area (Å²) in [5, 5.41) is 5.67.